The summed E-state index contributed by atoms with van der Waals surface area (Å²) in [5.41, 5.74) is 6.83. The number of amides is 1. The quantitative estimate of drug-likeness (QED) is 0.812. The minimum absolute atomic E-state index is 0.0280. The second-order valence-electron chi connectivity index (χ2n) is 6.46. The molecular weight excluding hydrogens is 371 g/mol. The Kier molecular flexibility index (Phi) is 5.76. The summed E-state index contributed by atoms with van der Waals surface area (Å²) in [4.78, 5) is 24.3. The molecule has 0 radical (unpaired) electrons. The van der Waals surface area contributed by atoms with Crippen molar-refractivity contribution in [2.24, 2.45) is 5.73 Å². The lowest BCUT2D eigenvalue weighted by atomic mass is 10.2. The first-order valence-corrected chi connectivity index (χ1v) is 9.13. The van der Waals surface area contributed by atoms with Gasteiger partial charge in [-0.15, -0.1) is 0 Å². The fraction of sp³-hybridized carbons (Fsp3) is 0.389. The van der Waals surface area contributed by atoms with Gasteiger partial charge >= 0.3 is 0 Å². The van der Waals surface area contributed by atoms with Crippen molar-refractivity contribution in [3.05, 3.63) is 40.6 Å². The maximum atomic E-state index is 14.6. The van der Waals surface area contributed by atoms with Crippen molar-refractivity contribution in [2.75, 3.05) is 43.4 Å². The minimum Gasteiger partial charge on any atom is -0.367 e. The molecule has 2 aromatic rings. The van der Waals surface area contributed by atoms with Crippen LogP contribution in [0.15, 0.2) is 18.2 Å². The lowest BCUT2D eigenvalue weighted by Gasteiger charge is -2.34. The van der Waals surface area contributed by atoms with E-state index in [0.29, 0.717) is 23.5 Å². The lowest BCUT2D eigenvalue weighted by molar-refractivity contribution is 0.0996. The van der Waals surface area contributed by atoms with Gasteiger partial charge < -0.3 is 20.9 Å². The van der Waals surface area contributed by atoms with Crippen LogP contribution in [-0.2, 0) is 6.42 Å². The molecule has 1 aromatic carbocycles. The minimum atomic E-state index is -0.731. The summed E-state index contributed by atoms with van der Waals surface area (Å²) in [6.45, 7) is 5.16. The van der Waals surface area contributed by atoms with Crippen LogP contribution in [0.3, 0.4) is 0 Å². The molecule has 0 saturated carbocycles. The Bertz CT molecular complexity index is 854. The second-order valence-corrected chi connectivity index (χ2v) is 6.82. The van der Waals surface area contributed by atoms with Gasteiger partial charge in [0.05, 0.1) is 11.4 Å². The number of likely N-dealkylation sites (N-methyl/N-ethyl adjacent to an activating group) is 1. The average Bonchev–Trinajstić information content (AvgIpc) is 2.63. The Hall–Kier alpha value is -2.45. The van der Waals surface area contributed by atoms with Gasteiger partial charge in [-0.3, -0.25) is 4.79 Å². The van der Waals surface area contributed by atoms with E-state index < -0.39 is 5.91 Å². The van der Waals surface area contributed by atoms with Crippen LogP contribution in [0, 0.1) is 5.82 Å². The molecule has 7 nitrogen and oxygen atoms in total. The Morgan fingerprint density at radius 3 is 2.59 bits per heavy atom. The predicted octanol–water partition coefficient (Wildman–Crippen LogP) is 2.43. The maximum absolute atomic E-state index is 14.6. The monoisotopic (exact) mass is 392 g/mol. The third-order valence-electron chi connectivity index (χ3n) is 4.54. The number of hydrogen-bond acceptors (Lipinski definition) is 6. The van der Waals surface area contributed by atoms with Gasteiger partial charge in [-0.1, -0.05) is 18.5 Å². The number of rotatable bonds is 5. The molecule has 1 saturated heterocycles. The maximum Gasteiger partial charge on any atom is 0.271 e. The standard InChI is InChI=1S/C18H22ClFN6O/c1-3-13-16(19)24-18(15(23-13)17(21)27)22-11-4-5-14(12(20)10-11)26-8-6-25(2)7-9-26/h4-5,10H,3,6-9H2,1-2H3,(H2,21,27)(H,22,24). The molecule has 1 aromatic heterocycles. The van der Waals surface area contributed by atoms with Crippen molar-refractivity contribution in [3.63, 3.8) is 0 Å². The highest BCUT2D eigenvalue weighted by Crippen LogP contribution is 2.27. The van der Waals surface area contributed by atoms with Crippen LogP contribution in [0.1, 0.15) is 23.1 Å². The molecule has 0 bridgehead atoms. The number of carbonyl (C=O) groups is 1. The third kappa shape index (κ3) is 4.28. The molecule has 1 amide bonds. The number of piperazine rings is 1. The van der Waals surface area contributed by atoms with Gasteiger partial charge in [-0.05, 0) is 31.7 Å². The van der Waals surface area contributed by atoms with E-state index in [0.717, 1.165) is 26.2 Å². The van der Waals surface area contributed by atoms with Gasteiger partial charge in [0.25, 0.3) is 5.91 Å². The van der Waals surface area contributed by atoms with Crippen LogP contribution < -0.4 is 16.0 Å². The van der Waals surface area contributed by atoms with E-state index in [1.165, 1.54) is 6.07 Å². The predicted molar refractivity (Wildman–Crippen MR) is 104 cm³/mol. The van der Waals surface area contributed by atoms with Crippen LogP contribution in [0.5, 0.6) is 0 Å². The number of primary amides is 1. The zero-order valence-corrected chi connectivity index (χ0v) is 16.1. The molecule has 2 heterocycles. The zero-order valence-electron chi connectivity index (χ0n) is 15.3. The molecular formula is C18H22ClFN6O. The van der Waals surface area contributed by atoms with Crippen molar-refractivity contribution >= 4 is 34.7 Å². The number of aryl methyl sites for hydroxylation is 1. The number of carbonyl (C=O) groups excluding carboxylic acids is 1. The fourth-order valence-electron chi connectivity index (χ4n) is 2.96. The zero-order chi connectivity index (χ0) is 19.6. The Morgan fingerprint density at radius 1 is 1.30 bits per heavy atom. The van der Waals surface area contributed by atoms with Gasteiger partial charge in [0.2, 0.25) is 0 Å². The number of anilines is 3. The van der Waals surface area contributed by atoms with Crippen LogP contribution >= 0.6 is 11.6 Å². The summed E-state index contributed by atoms with van der Waals surface area (Å²) >= 11 is 6.09. The van der Waals surface area contributed by atoms with Crippen LogP contribution in [0.4, 0.5) is 21.6 Å². The Balaban J connectivity index is 1.85. The van der Waals surface area contributed by atoms with Crippen LogP contribution in [0.2, 0.25) is 5.15 Å². The molecule has 0 unspecified atom stereocenters. The molecule has 3 rings (SSSR count). The number of hydrogen-bond donors (Lipinski definition) is 2. The molecule has 0 atom stereocenters. The van der Waals surface area contributed by atoms with Crippen molar-refractivity contribution < 1.29 is 9.18 Å². The number of halogens is 2. The van der Waals surface area contributed by atoms with Crippen molar-refractivity contribution in [1.29, 1.82) is 0 Å². The topological polar surface area (TPSA) is 87.4 Å². The molecule has 1 aliphatic rings. The molecule has 1 fully saturated rings. The lowest BCUT2D eigenvalue weighted by Crippen LogP contribution is -2.44. The average molecular weight is 393 g/mol. The molecule has 0 aliphatic carbocycles. The van der Waals surface area contributed by atoms with E-state index in [2.05, 4.69) is 20.2 Å². The summed E-state index contributed by atoms with van der Waals surface area (Å²) in [6, 6.07) is 4.80. The van der Waals surface area contributed by atoms with Gasteiger partial charge in [0.15, 0.2) is 16.7 Å². The van der Waals surface area contributed by atoms with Gasteiger partial charge in [-0.25, -0.2) is 14.4 Å². The molecule has 144 valence electrons. The van der Waals surface area contributed by atoms with Gasteiger partial charge in [0, 0.05) is 31.9 Å². The normalized spacial score (nSPS) is 15.0. The summed E-state index contributed by atoms with van der Waals surface area (Å²) in [6.07, 6.45) is 0.515. The smallest absolute Gasteiger partial charge is 0.271 e. The number of nitrogens with zero attached hydrogens (tertiary/aromatic N) is 4. The largest absolute Gasteiger partial charge is 0.367 e. The van der Waals surface area contributed by atoms with Gasteiger partial charge in [-0.2, -0.15) is 0 Å². The highest BCUT2D eigenvalue weighted by Gasteiger charge is 2.19. The first-order valence-electron chi connectivity index (χ1n) is 8.75. The molecule has 27 heavy (non-hydrogen) atoms. The van der Waals surface area contributed by atoms with E-state index >= 15 is 0 Å². The Morgan fingerprint density at radius 2 is 2.00 bits per heavy atom. The molecule has 9 heteroatoms. The number of nitrogens with two attached hydrogens (primary N) is 1. The molecule has 3 N–H and O–H groups in total. The summed E-state index contributed by atoms with van der Waals surface area (Å²) in [5.74, 6) is -0.975. The van der Waals surface area contributed by atoms with E-state index in [9.17, 15) is 9.18 Å². The van der Waals surface area contributed by atoms with Crippen LogP contribution in [-0.4, -0.2) is 54.0 Å². The first kappa shape index (κ1) is 19.3. The molecule has 1 aliphatic heterocycles. The van der Waals surface area contributed by atoms with E-state index in [-0.39, 0.29) is 22.5 Å². The summed E-state index contributed by atoms with van der Waals surface area (Å²) in [5, 5.41) is 3.08. The summed E-state index contributed by atoms with van der Waals surface area (Å²) in [7, 11) is 2.05. The van der Waals surface area contributed by atoms with Crippen LogP contribution in [0.25, 0.3) is 0 Å². The SMILES string of the molecule is CCc1nc(C(N)=O)c(Nc2ccc(N3CCN(C)CC3)c(F)c2)nc1Cl. The van der Waals surface area contributed by atoms with E-state index in [4.69, 9.17) is 17.3 Å². The van der Waals surface area contributed by atoms with E-state index in [1.807, 2.05) is 18.9 Å². The summed E-state index contributed by atoms with van der Waals surface area (Å²) < 4.78 is 14.6. The van der Waals surface area contributed by atoms with Crippen molar-refractivity contribution in [2.45, 2.75) is 13.3 Å². The van der Waals surface area contributed by atoms with E-state index in [1.54, 1.807) is 12.1 Å². The number of aromatic nitrogens is 2. The number of nitrogens with one attached hydrogen (secondary N) is 1. The molecule has 0 spiro atoms. The highest BCUT2D eigenvalue weighted by molar-refractivity contribution is 6.30. The number of benzene rings is 1. The van der Waals surface area contributed by atoms with Crippen molar-refractivity contribution in [3.8, 4) is 0 Å². The Labute approximate surface area is 162 Å². The first-order chi connectivity index (χ1) is 12.9. The fourth-order valence-corrected chi connectivity index (χ4v) is 3.22. The second kappa shape index (κ2) is 8.06. The van der Waals surface area contributed by atoms with Crippen molar-refractivity contribution in [1.82, 2.24) is 14.9 Å². The highest BCUT2D eigenvalue weighted by atomic mass is 35.5. The van der Waals surface area contributed by atoms with Gasteiger partial charge in [0.1, 0.15) is 5.82 Å². The third-order valence-corrected chi connectivity index (χ3v) is 4.84.